The fourth-order valence-corrected chi connectivity index (χ4v) is 2.24. The van der Waals surface area contributed by atoms with Gasteiger partial charge in [0, 0.05) is 0 Å². The smallest absolute Gasteiger partial charge is 0.0738 e. The normalized spacial score (nSPS) is 14.4. The monoisotopic (exact) mass is 229 g/mol. The van der Waals surface area contributed by atoms with Crippen LogP contribution in [0.1, 0.15) is 63.5 Å². The van der Waals surface area contributed by atoms with Crippen LogP contribution in [0.2, 0.25) is 0 Å². The van der Waals surface area contributed by atoms with Crippen LogP contribution in [0.25, 0.3) is 0 Å². The highest BCUT2D eigenvalue weighted by atomic mass is 14.3. The van der Waals surface area contributed by atoms with E-state index in [1.54, 1.807) is 0 Å². The number of hydrogen-bond donors (Lipinski definition) is 0. The summed E-state index contributed by atoms with van der Waals surface area (Å²) in [5, 5.41) is 9.30. The van der Waals surface area contributed by atoms with Gasteiger partial charge in [0.15, 0.2) is 0 Å². The van der Waals surface area contributed by atoms with E-state index < -0.39 is 0 Å². The van der Waals surface area contributed by atoms with Gasteiger partial charge < -0.3 is 0 Å². The van der Waals surface area contributed by atoms with Crippen molar-refractivity contribution in [2.24, 2.45) is 5.92 Å². The van der Waals surface area contributed by atoms with Crippen LogP contribution in [0.3, 0.4) is 0 Å². The fourth-order valence-electron chi connectivity index (χ4n) is 2.24. The highest BCUT2D eigenvalue weighted by Crippen LogP contribution is 2.28. The van der Waals surface area contributed by atoms with Gasteiger partial charge in [0.05, 0.1) is 12.0 Å². The van der Waals surface area contributed by atoms with Crippen molar-refractivity contribution in [3.63, 3.8) is 0 Å². The predicted octanol–water partition coefficient (Wildman–Crippen LogP) is 4.85. The van der Waals surface area contributed by atoms with E-state index in [4.69, 9.17) is 0 Å². The van der Waals surface area contributed by atoms with E-state index in [2.05, 4.69) is 58.0 Å². The van der Waals surface area contributed by atoms with Crippen LogP contribution >= 0.6 is 0 Å². The Balaban J connectivity index is 2.87. The van der Waals surface area contributed by atoms with E-state index >= 15 is 0 Å². The quantitative estimate of drug-likeness (QED) is 0.707. The summed E-state index contributed by atoms with van der Waals surface area (Å²) in [6.07, 6.45) is 2.26. The summed E-state index contributed by atoms with van der Waals surface area (Å²) < 4.78 is 0. The minimum atomic E-state index is 0.0381. The summed E-state index contributed by atoms with van der Waals surface area (Å²) in [6, 6.07) is 11.0. The molecule has 0 saturated carbocycles. The van der Waals surface area contributed by atoms with Crippen LogP contribution in [0.4, 0.5) is 0 Å². The van der Waals surface area contributed by atoms with Crippen molar-refractivity contribution in [2.75, 3.05) is 0 Å². The van der Waals surface area contributed by atoms with Crippen LogP contribution in [0, 0.1) is 17.2 Å². The van der Waals surface area contributed by atoms with Crippen molar-refractivity contribution in [1.29, 1.82) is 5.26 Å². The van der Waals surface area contributed by atoms with Crippen LogP contribution in [0.5, 0.6) is 0 Å². The summed E-state index contributed by atoms with van der Waals surface area (Å²) in [4.78, 5) is 0. The summed E-state index contributed by atoms with van der Waals surface area (Å²) in [6.45, 7) is 8.73. The molecule has 0 radical (unpaired) electrons. The molecule has 0 N–H and O–H groups in total. The maximum Gasteiger partial charge on any atom is 0.0738 e. The molecule has 0 aliphatic heterocycles. The first-order valence-corrected chi connectivity index (χ1v) is 6.59. The molecule has 1 aromatic carbocycles. The average Bonchev–Trinajstić information content (AvgIpc) is 2.31. The van der Waals surface area contributed by atoms with E-state index in [1.165, 1.54) is 5.56 Å². The SMILES string of the molecule is CCCC(C)C(C#N)c1ccc(C(C)C)cc1. The lowest BCUT2D eigenvalue weighted by Crippen LogP contribution is -2.07. The molecule has 1 rings (SSSR count). The fraction of sp³-hybridized carbons (Fsp3) is 0.562. The molecule has 0 aliphatic carbocycles. The molecule has 1 aromatic rings. The first-order chi connectivity index (χ1) is 8.10. The molecule has 0 saturated heterocycles. The Kier molecular flexibility index (Phi) is 5.22. The minimum absolute atomic E-state index is 0.0381. The molecule has 0 aromatic heterocycles. The Morgan fingerprint density at radius 1 is 1.06 bits per heavy atom. The summed E-state index contributed by atoms with van der Waals surface area (Å²) in [5.74, 6) is 1.03. The molecule has 2 atom stereocenters. The number of nitriles is 1. The summed E-state index contributed by atoms with van der Waals surface area (Å²) in [5.41, 5.74) is 2.51. The van der Waals surface area contributed by atoms with Crippen molar-refractivity contribution < 1.29 is 0 Å². The van der Waals surface area contributed by atoms with Crippen molar-refractivity contribution in [2.45, 2.75) is 52.4 Å². The Morgan fingerprint density at radius 3 is 2.00 bits per heavy atom. The lowest BCUT2D eigenvalue weighted by molar-refractivity contribution is 0.483. The van der Waals surface area contributed by atoms with Crippen LogP contribution in [-0.2, 0) is 0 Å². The van der Waals surface area contributed by atoms with E-state index in [-0.39, 0.29) is 5.92 Å². The van der Waals surface area contributed by atoms with Crippen LogP contribution in [-0.4, -0.2) is 0 Å². The highest BCUT2D eigenvalue weighted by molar-refractivity contribution is 5.30. The lowest BCUT2D eigenvalue weighted by Gasteiger charge is -2.18. The van der Waals surface area contributed by atoms with Gasteiger partial charge in [0.1, 0.15) is 0 Å². The summed E-state index contributed by atoms with van der Waals surface area (Å²) >= 11 is 0. The molecule has 1 nitrogen and oxygen atoms in total. The lowest BCUT2D eigenvalue weighted by atomic mass is 9.85. The van der Waals surface area contributed by atoms with Crippen molar-refractivity contribution in [3.05, 3.63) is 35.4 Å². The van der Waals surface area contributed by atoms with E-state index in [0.717, 1.165) is 18.4 Å². The second-order valence-electron chi connectivity index (χ2n) is 5.19. The predicted molar refractivity (Wildman–Crippen MR) is 73.0 cm³/mol. The number of rotatable bonds is 5. The first kappa shape index (κ1) is 13.8. The Bertz CT molecular complexity index is 370. The van der Waals surface area contributed by atoms with Gasteiger partial charge in [-0.05, 0) is 29.4 Å². The average molecular weight is 229 g/mol. The summed E-state index contributed by atoms with van der Waals surface area (Å²) in [7, 11) is 0. The third-order valence-corrected chi connectivity index (χ3v) is 3.41. The van der Waals surface area contributed by atoms with E-state index in [9.17, 15) is 5.26 Å². The largest absolute Gasteiger partial charge is 0.198 e. The minimum Gasteiger partial charge on any atom is -0.198 e. The Labute approximate surface area is 105 Å². The van der Waals surface area contributed by atoms with Gasteiger partial charge in [-0.25, -0.2) is 0 Å². The van der Waals surface area contributed by atoms with Crippen LogP contribution < -0.4 is 0 Å². The van der Waals surface area contributed by atoms with Crippen LogP contribution in [0.15, 0.2) is 24.3 Å². The molecule has 0 bridgehead atoms. The van der Waals surface area contributed by atoms with E-state index in [1.807, 2.05) is 0 Å². The second kappa shape index (κ2) is 6.45. The Hall–Kier alpha value is -1.29. The third kappa shape index (κ3) is 3.60. The third-order valence-electron chi connectivity index (χ3n) is 3.41. The molecule has 0 amide bonds. The van der Waals surface area contributed by atoms with Gasteiger partial charge in [0.25, 0.3) is 0 Å². The molecule has 2 unspecified atom stereocenters. The number of benzene rings is 1. The molecule has 0 aliphatic rings. The molecular formula is C16H23N. The van der Waals surface area contributed by atoms with Gasteiger partial charge in [-0.1, -0.05) is 58.4 Å². The topological polar surface area (TPSA) is 23.8 Å². The van der Waals surface area contributed by atoms with Gasteiger partial charge >= 0.3 is 0 Å². The Morgan fingerprint density at radius 2 is 1.59 bits per heavy atom. The van der Waals surface area contributed by atoms with Gasteiger partial charge in [-0.3, -0.25) is 0 Å². The second-order valence-corrected chi connectivity index (χ2v) is 5.19. The number of nitrogens with zero attached hydrogens (tertiary/aromatic N) is 1. The number of hydrogen-bond acceptors (Lipinski definition) is 1. The van der Waals surface area contributed by atoms with Gasteiger partial charge in [-0.2, -0.15) is 5.26 Å². The molecular weight excluding hydrogens is 206 g/mol. The maximum atomic E-state index is 9.30. The van der Waals surface area contributed by atoms with Crippen molar-refractivity contribution in [3.8, 4) is 6.07 Å². The molecule has 92 valence electrons. The zero-order valence-electron chi connectivity index (χ0n) is 11.4. The van der Waals surface area contributed by atoms with Gasteiger partial charge in [-0.15, -0.1) is 0 Å². The molecule has 0 spiro atoms. The highest BCUT2D eigenvalue weighted by Gasteiger charge is 2.18. The molecule has 0 heterocycles. The van der Waals surface area contributed by atoms with E-state index in [0.29, 0.717) is 11.8 Å². The maximum absolute atomic E-state index is 9.30. The standard InChI is InChI=1S/C16H23N/c1-5-6-13(4)16(11-17)15-9-7-14(8-10-15)12(2)3/h7-10,12-13,16H,5-6H2,1-4H3. The van der Waals surface area contributed by atoms with Gasteiger partial charge in [0.2, 0.25) is 0 Å². The first-order valence-electron chi connectivity index (χ1n) is 6.59. The van der Waals surface area contributed by atoms with Crippen molar-refractivity contribution >= 4 is 0 Å². The molecule has 17 heavy (non-hydrogen) atoms. The molecule has 1 heteroatoms. The van der Waals surface area contributed by atoms with Crippen molar-refractivity contribution in [1.82, 2.24) is 0 Å². The zero-order valence-corrected chi connectivity index (χ0v) is 11.4. The zero-order chi connectivity index (χ0) is 12.8. The molecule has 0 fully saturated rings.